The predicted molar refractivity (Wildman–Crippen MR) is 62.2 cm³/mol. The molecule has 1 aromatic heterocycles. The lowest BCUT2D eigenvalue weighted by atomic mass is 10.3. The Labute approximate surface area is 98.0 Å². The molecule has 1 aromatic carbocycles. The Hall–Kier alpha value is -1.81. The van der Waals surface area contributed by atoms with E-state index in [-0.39, 0.29) is 0 Å². The third-order valence-corrected chi connectivity index (χ3v) is 2.25. The number of benzene rings is 1. The summed E-state index contributed by atoms with van der Waals surface area (Å²) < 4.78 is 5.49. The predicted octanol–water partition coefficient (Wildman–Crippen LogP) is 2.29. The number of nitrogen functional groups attached to an aromatic ring is 1. The zero-order chi connectivity index (χ0) is 11.4. The van der Waals surface area contributed by atoms with Crippen molar-refractivity contribution in [2.75, 3.05) is 5.73 Å². The van der Waals surface area contributed by atoms with Crippen molar-refractivity contribution in [2.24, 2.45) is 0 Å². The van der Waals surface area contributed by atoms with E-state index < -0.39 is 0 Å². The maximum atomic E-state index is 5.95. The number of hydrogen-bond donors (Lipinski definition) is 1. The molecule has 0 aliphatic heterocycles. The highest BCUT2D eigenvalue weighted by Gasteiger charge is 2.02. The third-order valence-electron chi connectivity index (χ3n) is 1.96. The number of ether oxygens (including phenoxy) is 1. The Bertz CT molecular complexity index is 476. The minimum Gasteiger partial charge on any atom is -0.486 e. The molecule has 0 fully saturated rings. The van der Waals surface area contributed by atoms with Crippen LogP contribution in [0.2, 0.25) is 5.02 Å². The first-order valence-corrected chi connectivity index (χ1v) is 5.08. The van der Waals surface area contributed by atoms with E-state index in [1.54, 1.807) is 30.5 Å². The maximum absolute atomic E-state index is 5.95. The second-order valence-corrected chi connectivity index (χ2v) is 3.60. The van der Waals surface area contributed by atoms with E-state index in [9.17, 15) is 0 Å². The van der Waals surface area contributed by atoms with Crippen molar-refractivity contribution in [3.63, 3.8) is 0 Å². The molecule has 4 nitrogen and oxygen atoms in total. The molecule has 0 unspecified atom stereocenters. The molecule has 0 bridgehead atoms. The van der Waals surface area contributed by atoms with Crippen molar-refractivity contribution in [3.05, 3.63) is 47.2 Å². The van der Waals surface area contributed by atoms with Crippen LogP contribution in [0, 0.1) is 0 Å². The number of nitrogens with zero attached hydrogens (tertiary/aromatic N) is 2. The van der Waals surface area contributed by atoms with Gasteiger partial charge in [0.05, 0.1) is 5.02 Å². The van der Waals surface area contributed by atoms with E-state index >= 15 is 0 Å². The fourth-order valence-corrected chi connectivity index (χ4v) is 1.44. The Morgan fingerprint density at radius 1 is 1.31 bits per heavy atom. The van der Waals surface area contributed by atoms with E-state index in [1.807, 2.05) is 6.07 Å². The van der Waals surface area contributed by atoms with Gasteiger partial charge in [-0.1, -0.05) is 11.6 Å². The summed E-state index contributed by atoms with van der Waals surface area (Å²) in [6.45, 7) is 0.331. The summed E-state index contributed by atoms with van der Waals surface area (Å²) in [5.41, 5.74) is 6.93. The Morgan fingerprint density at radius 3 is 2.88 bits per heavy atom. The summed E-state index contributed by atoms with van der Waals surface area (Å²) in [6, 6.07) is 8.74. The monoisotopic (exact) mass is 235 g/mol. The van der Waals surface area contributed by atoms with Gasteiger partial charge in [-0.15, -0.1) is 0 Å². The Kier molecular flexibility index (Phi) is 3.22. The van der Waals surface area contributed by atoms with Crippen LogP contribution in [0.3, 0.4) is 0 Å². The number of nitrogens with two attached hydrogens (primary N) is 1. The molecule has 82 valence electrons. The second kappa shape index (κ2) is 4.81. The van der Waals surface area contributed by atoms with Crippen LogP contribution in [0.15, 0.2) is 36.5 Å². The normalized spacial score (nSPS) is 10.1. The van der Waals surface area contributed by atoms with Crippen LogP contribution in [0.25, 0.3) is 0 Å². The quantitative estimate of drug-likeness (QED) is 0.830. The lowest BCUT2D eigenvalue weighted by molar-refractivity contribution is 0.300. The fraction of sp³-hybridized carbons (Fsp3) is 0.0909. The first kappa shape index (κ1) is 10.7. The second-order valence-electron chi connectivity index (χ2n) is 3.19. The van der Waals surface area contributed by atoms with Gasteiger partial charge in [0, 0.05) is 11.9 Å². The zero-order valence-electron chi connectivity index (χ0n) is 8.43. The van der Waals surface area contributed by atoms with Crippen LogP contribution >= 0.6 is 11.6 Å². The molecular formula is C11H10ClN3O. The summed E-state index contributed by atoms with van der Waals surface area (Å²) in [4.78, 5) is 0. The fourth-order valence-electron chi connectivity index (χ4n) is 1.20. The summed E-state index contributed by atoms with van der Waals surface area (Å²) in [6.07, 6.45) is 1.61. The molecule has 2 aromatic rings. The van der Waals surface area contributed by atoms with Gasteiger partial charge in [0.15, 0.2) is 0 Å². The summed E-state index contributed by atoms with van der Waals surface area (Å²) in [7, 11) is 0. The van der Waals surface area contributed by atoms with Gasteiger partial charge in [0.1, 0.15) is 18.1 Å². The zero-order valence-corrected chi connectivity index (χ0v) is 9.19. The molecular weight excluding hydrogens is 226 g/mol. The van der Waals surface area contributed by atoms with E-state index in [4.69, 9.17) is 22.1 Å². The molecule has 2 rings (SSSR count). The summed E-state index contributed by atoms with van der Waals surface area (Å²) >= 11 is 5.95. The molecule has 0 aliphatic carbocycles. The lowest BCUT2D eigenvalue weighted by Gasteiger charge is -2.07. The van der Waals surface area contributed by atoms with Gasteiger partial charge in [0.2, 0.25) is 0 Å². The average Bonchev–Trinajstić information content (AvgIpc) is 2.29. The minimum absolute atomic E-state index is 0.331. The van der Waals surface area contributed by atoms with E-state index in [0.29, 0.717) is 23.1 Å². The van der Waals surface area contributed by atoms with Gasteiger partial charge in [0.25, 0.3) is 0 Å². The molecule has 0 saturated heterocycles. The first-order chi connectivity index (χ1) is 7.75. The van der Waals surface area contributed by atoms with Crippen molar-refractivity contribution in [1.29, 1.82) is 0 Å². The Morgan fingerprint density at radius 2 is 2.19 bits per heavy atom. The van der Waals surface area contributed by atoms with Crippen molar-refractivity contribution in [2.45, 2.75) is 6.61 Å². The van der Waals surface area contributed by atoms with Crippen molar-refractivity contribution in [3.8, 4) is 5.75 Å². The molecule has 0 amide bonds. The number of anilines is 1. The first-order valence-electron chi connectivity index (χ1n) is 4.70. The van der Waals surface area contributed by atoms with Gasteiger partial charge in [-0.25, -0.2) is 0 Å². The molecule has 1 heterocycles. The smallest absolute Gasteiger partial charge is 0.138 e. The molecule has 0 spiro atoms. The van der Waals surface area contributed by atoms with Crippen molar-refractivity contribution < 1.29 is 4.74 Å². The lowest BCUT2D eigenvalue weighted by Crippen LogP contribution is -1.99. The molecule has 0 radical (unpaired) electrons. The molecule has 5 heteroatoms. The van der Waals surface area contributed by atoms with Gasteiger partial charge in [-0.3, -0.25) is 0 Å². The molecule has 0 atom stereocenters. The largest absolute Gasteiger partial charge is 0.486 e. The third kappa shape index (κ3) is 2.61. The number of aromatic nitrogens is 2. The van der Waals surface area contributed by atoms with Gasteiger partial charge in [-0.2, -0.15) is 10.2 Å². The SMILES string of the molecule is Nc1ccc(OCc2cccnn2)c(Cl)c1. The maximum Gasteiger partial charge on any atom is 0.138 e. The minimum atomic E-state index is 0.331. The van der Waals surface area contributed by atoms with Gasteiger partial charge in [-0.05, 0) is 30.3 Å². The van der Waals surface area contributed by atoms with Crippen LogP contribution in [0.5, 0.6) is 5.75 Å². The molecule has 0 saturated carbocycles. The number of hydrogen-bond acceptors (Lipinski definition) is 4. The highest BCUT2D eigenvalue weighted by molar-refractivity contribution is 6.32. The van der Waals surface area contributed by atoms with Crippen molar-refractivity contribution in [1.82, 2.24) is 10.2 Å². The van der Waals surface area contributed by atoms with Crippen LogP contribution in [-0.4, -0.2) is 10.2 Å². The van der Waals surface area contributed by atoms with E-state index in [0.717, 1.165) is 5.69 Å². The van der Waals surface area contributed by atoms with Crippen molar-refractivity contribution >= 4 is 17.3 Å². The molecule has 2 N–H and O–H groups in total. The van der Waals surface area contributed by atoms with Crippen LogP contribution in [0.4, 0.5) is 5.69 Å². The Balaban J connectivity index is 2.05. The van der Waals surface area contributed by atoms with Gasteiger partial charge < -0.3 is 10.5 Å². The van der Waals surface area contributed by atoms with Crippen LogP contribution in [-0.2, 0) is 6.61 Å². The number of halogens is 1. The van der Waals surface area contributed by atoms with Crippen LogP contribution in [0.1, 0.15) is 5.69 Å². The topological polar surface area (TPSA) is 61.0 Å². The van der Waals surface area contributed by atoms with E-state index in [2.05, 4.69) is 10.2 Å². The van der Waals surface area contributed by atoms with E-state index in [1.165, 1.54) is 0 Å². The summed E-state index contributed by atoms with van der Waals surface area (Å²) in [5.74, 6) is 0.585. The number of rotatable bonds is 3. The highest BCUT2D eigenvalue weighted by atomic mass is 35.5. The summed E-state index contributed by atoms with van der Waals surface area (Å²) in [5, 5.41) is 8.14. The highest BCUT2D eigenvalue weighted by Crippen LogP contribution is 2.26. The average molecular weight is 236 g/mol. The van der Waals surface area contributed by atoms with Gasteiger partial charge >= 0.3 is 0 Å². The van der Waals surface area contributed by atoms with Crippen LogP contribution < -0.4 is 10.5 Å². The molecule has 0 aliphatic rings. The molecule has 16 heavy (non-hydrogen) atoms. The standard InChI is InChI=1S/C11H10ClN3O/c12-10-6-8(13)3-4-11(10)16-7-9-2-1-5-14-15-9/h1-6H,7,13H2.